The molecule has 0 amide bonds. The first-order chi connectivity index (χ1) is 7.69. The van der Waals surface area contributed by atoms with Crippen LogP contribution in [-0.2, 0) is 0 Å². The number of aromatic amines is 1. The molecule has 4 heteroatoms. The van der Waals surface area contributed by atoms with Gasteiger partial charge in [0.1, 0.15) is 5.65 Å². The summed E-state index contributed by atoms with van der Waals surface area (Å²) in [6.45, 7) is 5.67. The van der Waals surface area contributed by atoms with E-state index in [2.05, 4.69) is 16.5 Å². The van der Waals surface area contributed by atoms with E-state index in [9.17, 15) is 0 Å². The third-order valence-electron chi connectivity index (χ3n) is 2.49. The van der Waals surface area contributed by atoms with Gasteiger partial charge in [-0.1, -0.05) is 30.3 Å². The molecule has 0 aliphatic rings. The molecule has 2 heterocycles. The highest BCUT2D eigenvalue weighted by molar-refractivity contribution is 6.38. The molecule has 0 aliphatic carbocycles. The number of allylic oxidation sites excluding steroid dienone is 3. The van der Waals surface area contributed by atoms with Gasteiger partial charge in [-0.25, -0.2) is 4.98 Å². The van der Waals surface area contributed by atoms with Crippen molar-refractivity contribution in [2.45, 2.75) is 6.92 Å². The number of nitrogens with zero attached hydrogens (tertiary/aromatic N) is 1. The predicted molar refractivity (Wildman–Crippen MR) is 69.4 cm³/mol. The molecule has 82 valence electrons. The molecule has 2 aromatic rings. The number of nitrogen functional groups attached to an aromatic ring is 1. The number of rotatable bonds is 2. The summed E-state index contributed by atoms with van der Waals surface area (Å²) in [7, 11) is 0. The minimum absolute atomic E-state index is 0.591. The molecule has 0 spiro atoms. The second kappa shape index (κ2) is 4.02. The summed E-state index contributed by atoms with van der Waals surface area (Å²) in [4.78, 5) is 7.34. The molecule has 3 N–H and O–H groups in total. The highest BCUT2D eigenvalue weighted by Crippen LogP contribution is 2.34. The molecule has 0 saturated carbocycles. The molecule has 0 fully saturated rings. The molecule has 0 atom stereocenters. The summed E-state index contributed by atoms with van der Waals surface area (Å²) in [6.07, 6.45) is 5.32. The van der Waals surface area contributed by atoms with Crippen molar-refractivity contribution >= 4 is 33.9 Å². The Morgan fingerprint density at radius 2 is 2.38 bits per heavy atom. The smallest absolute Gasteiger partial charge is 0.141 e. The largest absolute Gasteiger partial charge is 0.398 e. The lowest BCUT2D eigenvalue weighted by molar-refractivity contribution is 1.30. The molecule has 0 aromatic carbocycles. The van der Waals surface area contributed by atoms with E-state index in [0.717, 1.165) is 16.7 Å². The van der Waals surface area contributed by atoms with Gasteiger partial charge in [0.2, 0.25) is 0 Å². The Morgan fingerprint density at radius 1 is 1.62 bits per heavy atom. The van der Waals surface area contributed by atoms with Gasteiger partial charge in [-0.2, -0.15) is 0 Å². The molecule has 3 nitrogen and oxygen atoms in total. The number of pyridine rings is 1. The first-order valence-electron chi connectivity index (χ1n) is 4.89. The second-order valence-corrected chi connectivity index (χ2v) is 3.76. The van der Waals surface area contributed by atoms with E-state index in [1.54, 1.807) is 18.3 Å². The summed E-state index contributed by atoms with van der Waals surface area (Å²) in [5.41, 5.74) is 8.92. The van der Waals surface area contributed by atoms with E-state index in [1.165, 1.54) is 0 Å². The highest BCUT2D eigenvalue weighted by Gasteiger charge is 2.13. The molecule has 2 rings (SSSR count). The number of halogens is 1. The lowest BCUT2D eigenvalue weighted by atomic mass is 10.1. The van der Waals surface area contributed by atoms with Gasteiger partial charge in [0, 0.05) is 11.9 Å². The molecule has 0 unspecified atom stereocenters. The molecule has 0 bridgehead atoms. The van der Waals surface area contributed by atoms with Crippen LogP contribution in [0.1, 0.15) is 12.6 Å². The molecule has 0 saturated heterocycles. The van der Waals surface area contributed by atoms with Crippen LogP contribution in [0.5, 0.6) is 0 Å². The Morgan fingerprint density at radius 3 is 2.94 bits per heavy atom. The van der Waals surface area contributed by atoms with Crippen molar-refractivity contribution in [3.8, 4) is 0 Å². The Bertz CT molecular complexity index is 581. The number of nitrogens with one attached hydrogen (secondary N) is 1. The standard InChI is InChI=1S/C12H12ClN3/c1-3-7(4-2)11-10(13)9-8(14)5-6-15-12(9)16-11/h3-6H,1H2,2H3,(H3,14,15,16)/b7-4+. The molecular formula is C12H12ClN3. The third-order valence-corrected chi connectivity index (χ3v) is 2.86. The quantitative estimate of drug-likeness (QED) is 0.782. The zero-order valence-corrected chi connectivity index (χ0v) is 9.67. The fourth-order valence-corrected chi connectivity index (χ4v) is 2.02. The van der Waals surface area contributed by atoms with Crippen molar-refractivity contribution < 1.29 is 0 Å². The van der Waals surface area contributed by atoms with Gasteiger partial charge in [-0.05, 0) is 18.6 Å². The number of aromatic nitrogens is 2. The molecule has 2 aromatic heterocycles. The van der Waals surface area contributed by atoms with Crippen molar-refractivity contribution in [3.05, 3.63) is 41.7 Å². The van der Waals surface area contributed by atoms with Gasteiger partial charge >= 0.3 is 0 Å². The SMILES string of the molecule is C=C/C(=C\C)c1[nH]c2nccc(N)c2c1Cl. The van der Waals surface area contributed by atoms with Crippen molar-refractivity contribution in [2.75, 3.05) is 5.73 Å². The van der Waals surface area contributed by atoms with Crippen LogP contribution < -0.4 is 5.73 Å². The summed E-state index contributed by atoms with van der Waals surface area (Å²) in [5.74, 6) is 0. The number of H-pyrrole nitrogens is 1. The first kappa shape index (κ1) is 10.8. The van der Waals surface area contributed by atoms with Crippen LogP contribution in [0, 0.1) is 0 Å². The van der Waals surface area contributed by atoms with Gasteiger partial charge in [0.05, 0.1) is 16.1 Å². The third kappa shape index (κ3) is 1.49. The average Bonchev–Trinajstić information content (AvgIpc) is 2.60. The van der Waals surface area contributed by atoms with Crippen LogP contribution in [0.4, 0.5) is 5.69 Å². The zero-order valence-electron chi connectivity index (χ0n) is 8.92. The van der Waals surface area contributed by atoms with Crippen LogP contribution in [-0.4, -0.2) is 9.97 Å². The Labute approximate surface area is 98.6 Å². The summed E-state index contributed by atoms with van der Waals surface area (Å²) in [5, 5.41) is 1.36. The first-order valence-corrected chi connectivity index (χ1v) is 5.27. The van der Waals surface area contributed by atoms with Crippen LogP contribution in [0.15, 0.2) is 31.0 Å². The molecule has 16 heavy (non-hydrogen) atoms. The topological polar surface area (TPSA) is 54.7 Å². The minimum Gasteiger partial charge on any atom is -0.398 e. The maximum Gasteiger partial charge on any atom is 0.141 e. The second-order valence-electron chi connectivity index (χ2n) is 3.39. The number of hydrogen-bond donors (Lipinski definition) is 2. The summed E-state index contributed by atoms with van der Waals surface area (Å²) < 4.78 is 0. The van der Waals surface area contributed by atoms with E-state index >= 15 is 0 Å². The lowest BCUT2D eigenvalue weighted by Gasteiger charge is -1.98. The Hall–Kier alpha value is -1.74. The predicted octanol–water partition coefficient (Wildman–Crippen LogP) is 3.39. The van der Waals surface area contributed by atoms with E-state index in [1.807, 2.05) is 13.0 Å². The number of fused-ring (bicyclic) bond motifs is 1. The molecule has 0 radical (unpaired) electrons. The summed E-state index contributed by atoms with van der Waals surface area (Å²) in [6, 6.07) is 1.73. The van der Waals surface area contributed by atoms with E-state index in [0.29, 0.717) is 16.4 Å². The summed E-state index contributed by atoms with van der Waals surface area (Å²) >= 11 is 6.27. The molecular weight excluding hydrogens is 222 g/mol. The fraction of sp³-hybridized carbons (Fsp3) is 0.0833. The Balaban J connectivity index is 2.79. The number of hydrogen-bond acceptors (Lipinski definition) is 2. The van der Waals surface area contributed by atoms with E-state index in [-0.39, 0.29) is 0 Å². The fourth-order valence-electron chi connectivity index (χ4n) is 1.66. The van der Waals surface area contributed by atoms with Gasteiger partial charge in [-0.3, -0.25) is 0 Å². The normalized spacial score (nSPS) is 12.0. The van der Waals surface area contributed by atoms with E-state index < -0.39 is 0 Å². The minimum atomic E-state index is 0.591. The van der Waals surface area contributed by atoms with Gasteiger partial charge < -0.3 is 10.7 Å². The van der Waals surface area contributed by atoms with Gasteiger partial charge in [0.15, 0.2) is 0 Å². The van der Waals surface area contributed by atoms with Crippen LogP contribution in [0.2, 0.25) is 5.02 Å². The Kier molecular flexibility index (Phi) is 2.71. The van der Waals surface area contributed by atoms with Gasteiger partial charge in [0.25, 0.3) is 0 Å². The lowest BCUT2D eigenvalue weighted by Crippen LogP contribution is -1.86. The van der Waals surface area contributed by atoms with Gasteiger partial charge in [-0.15, -0.1) is 0 Å². The van der Waals surface area contributed by atoms with Crippen molar-refractivity contribution in [2.24, 2.45) is 0 Å². The monoisotopic (exact) mass is 233 g/mol. The van der Waals surface area contributed by atoms with Crippen LogP contribution >= 0.6 is 11.6 Å². The van der Waals surface area contributed by atoms with Crippen LogP contribution in [0.25, 0.3) is 16.6 Å². The zero-order chi connectivity index (χ0) is 11.7. The molecule has 0 aliphatic heterocycles. The number of nitrogens with two attached hydrogens (primary N) is 1. The van der Waals surface area contributed by atoms with Crippen molar-refractivity contribution in [3.63, 3.8) is 0 Å². The van der Waals surface area contributed by atoms with Crippen molar-refractivity contribution in [1.29, 1.82) is 0 Å². The highest BCUT2D eigenvalue weighted by atomic mass is 35.5. The van der Waals surface area contributed by atoms with E-state index in [4.69, 9.17) is 17.3 Å². The average molecular weight is 234 g/mol. The number of anilines is 1. The maximum atomic E-state index is 6.27. The maximum absolute atomic E-state index is 6.27. The van der Waals surface area contributed by atoms with Crippen molar-refractivity contribution in [1.82, 2.24) is 9.97 Å². The van der Waals surface area contributed by atoms with Crippen LogP contribution in [0.3, 0.4) is 0 Å².